The first kappa shape index (κ1) is 8.17. The number of hydrogen-bond acceptors (Lipinski definition) is 2. The van der Waals surface area contributed by atoms with Gasteiger partial charge in [0.1, 0.15) is 0 Å². The van der Waals surface area contributed by atoms with E-state index in [-0.39, 0.29) is 20.4 Å². The van der Waals surface area contributed by atoms with E-state index < -0.39 is 0 Å². The Hall–Kier alpha value is -0.440. The third-order valence-corrected chi connectivity index (χ3v) is 5.51. The number of nitrogen functional groups attached to an aromatic ring is 1. The van der Waals surface area contributed by atoms with Gasteiger partial charge in [0.25, 0.3) is 0 Å². The predicted octanol–water partition coefficient (Wildman–Crippen LogP) is 1.08. The van der Waals surface area contributed by atoms with Crippen molar-refractivity contribution < 1.29 is 0 Å². The van der Waals surface area contributed by atoms with Crippen LogP contribution in [0.5, 0.6) is 0 Å². The molecular formula is C9H10N2Te. The van der Waals surface area contributed by atoms with Gasteiger partial charge in [-0.1, -0.05) is 0 Å². The standard InChI is InChI=1S/C9H10N2Te/c10-5-7-6-3-1-2-4-8(6)12-9(7)11/h1-4,11H2. The predicted molar refractivity (Wildman–Crippen MR) is 49.2 cm³/mol. The zero-order valence-electron chi connectivity index (χ0n) is 6.76. The Bertz CT molecular complexity index is 346. The summed E-state index contributed by atoms with van der Waals surface area (Å²) in [4.78, 5) is 0. The second kappa shape index (κ2) is 3.13. The van der Waals surface area contributed by atoms with Gasteiger partial charge < -0.3 is 0 Å². The zero-order chi connectivity index (χ0) is 8.55. The second-order valence-corrected chi connectivity index (χ2v) is 6.31. The SMILES string of the molecule is N#Cc1c(N)[te]c2c1CCCC2. The van der Waals surface area contributed by atoms with Gasteiger partial charge in [-0.3, -0.25) is 0 Å². The van der Waals surface area contributed by atoms with Crippen molar-refractivity contribution in [1.82, 2.24) is 0 Å². The van der Waals surface area contributed by atoms with Gasteiger partial charge in [0, 0.05) is 0 Å². The van der Waals surface area contributed by atoms with Gasteiger partial charge in [-0.25, -0.2) is 0 Å². The number of rotatable bonds is 0. The Morgan fingerprint density at radius 3 is 2.83 bits per heavy atom. The number of nitrogens with zero attached hydrogens (tertiary/aromatic N) is 1. The first-order chi connectivity index (χ1) is 5.83. The van der Waals surface area contributed by atoms with E-state index >= 15 is 0 Å². The number of fused-ring (bicyclic) bond motifs is 1. The topological polar surface area (TPSA) is 49.8 Å². The first-order valence-corrected chi connectivity index (χ1v) is 6.46. The van der Waals surface area contributed by atoms with E-state index in [0.29, 0.717) is 0 Å². The van der Waals surface area contributed by atoms with Crippen LogP contribution < -0.4 is 5.73 Å². The maximum atomic E-state index is 8.87. The maximum absolute atomic E-state index is 8.87. The Labute approximate surface area is 81.6 Å². The first-order valence-electron chi connectivity index (χ1n) is 4.13. The van der Waals surface area contributed by atoms with Crippen LogP contribution in [0.3, 0.4) is 0 Å². The molecule has 1 aromatic rings. The fraction of sp³-hybridized carbons (Fsp3) is 0.444. The monoisotopic (exact) mass is 276 g/mol. The molecule has 0 bridgehead atoms. The summed E-state index contributed by atoms with van der Waals surface area (Å²) < 4.78 is 2.48. The van der Waals surface area contributed by atoms with E-state index in [1.54, 1.807) is 3.58 Å². The summed E-state index contributed by atoms with van der Waals surface area (Å²) >= 11 is -0.291. The summed E-state index contributed by atoms with van der Waals surface area (Å²) in [5, 5.41) is 8.87. The average molecular weight is 274 g/mol. The molecule has 2 N–H and O–H groups in total. The van der Waals surface area contributed by atoms with Crippen LogP contribution in [-0.4, -0.2) is 20.4 Å². The third kappa shape index (κ3) is 1.16. The van der Waals surface area contributed by atoms with E-state index in [1.165, 1.54) is 24.8 Å². The van der Waals surface area contributed by atoms with Gasteiger partial charge >= 0.3 is 81.6 Å². The van der Waals surface area contributed by atoms with E-state index in [1.807, 2.05) is 0 Å². The summed E-state index contributed by atoms with van der Waals surface area (Å²) in [6.45, 7) is 0. The molecule has 0 saturated carbocycles. The van der Waals surface area contributed by atoms with Crippen molar-refractivity contribution >= 4 is 24.1 Å². The molecule has 0 saturated heterocycles. The van der Waals surface area contributed by atoms with Crippen molar-refractivity contribution in [3.05, 3.63) is 14.7 Å². The number of anilines is 1. The molecule has 0 aromatic carbocycles. The Kier molecular flexibility index (Phi) is 2.13. The molecule has 12 heavy (non-hydrogen) atoms. The van der Waals surface area contributed by atoms with E-state index in [2.05, 4.69) is 6.07 Å². The third-order valence-electron chi connectivity index (χ3n) is 2.31. The molecule has 1 aliphatic carbocycles. The molecule has 2 nitrogen and oxygen atoms in total. The summed E-state index contributed by atoms with van der Waals surface area (Å²) in [6.07, 6.45) is 4.85. The molecule has 1 aliphatic rings. The Morgan fingerprint density at radius 1 is 1.33 bits per heavy atom. The second-order valence-electron chi connectivity index (χ2n) is 3.06. The van der Waals surface area contributed by atoms with Crippen molar-refractivity contribution in [2.24, 2.45) is 0 Å². The van der Waals surface area contributed by atoms with E-state index in [9.17, 15) is 0 Å². The van der Waals surface area contributed by atoms with Crippen molar-refractivity contribution in [2.45, 2.75) is 25.7 Å². The molecule has 2 rings (SSSR count). The van der Waals surface area contributed by atoms with Crippen LogP contribution in [0, 0.1) is 11.3 Å². The minimum absolute atomic E-state index is 0.291. The molecular weight excluding hydrogens is 264 g/mol. The minimum atomic E-state index is -0.291. The zero-order valence-corrected chi connectivity index (χ0v) is 9.09. The fourth-order valence-corrected chi connectivity index (χ4v) is 4.88. The van der Waals surface area contributed by atoms with Crippen LogP contribution in [0.15, 0.2) is 0 Å². The van der Waals surface area contributed by atoms with Crippen molar-refractivity contribution in [2.75, 3.05) is 5.73 Å². The molecule has 0 aliphatic heterocycles. The van der Waals surface area contributed by atoms with Crippen LogP contribution in [0.25, 0.3) is 0 Å². The summed E-state index contributed by atoms with van der Waals surface area (Å²) in [6, 6.07) is 2.24. The Morgan fingerprint density at radius 2 is 2.08 bits per heavy atom. The van der Waals surface area contributed by atoms with Crippen molar-refractivity contribution in [1.29, 1.82) is 5.26 Å². The van der Waals surface area contributed by atoms with Crippen LogP contribution in [0.1, 0.15) is 27.5 Å². The molecule has 62 valence electrons. The fourth-order valence-electron chi connectivity index (χ4n) is 1.71. The van der Waals surface area contributed by atoms with E-state index in [4.69, 9.17) is 11.0 Å². The molecule has 0 unspecified atom stereocenters. The molecule has 3 heteroatoms. The Balaban J connectivity index is 2.56. The van der Waals surface area contributed by atoms with Gasteiger partial charge in [-0.2, -0.15) is 0 Å². The van der Waals surface area contributed by atoms with Crippen LogP contribution >= 0.6 is 0 Å². The van der Waals surface area contributed by atoms with Gasteiger partial charge in [-0.05, 0) is 0 Å². The van der Waals surface area contributed by atoms with Gasteiger partial charge in [0.05, 0.1) is 0 Å². The summed E-state index contributed by atoms with van der Waals surface area (Å²) in [5.41, 5.74) is 7.99. The molecule has 0 spiro atoms. The molecule has 1 heterocycles. The number of hydrogen-bond donors (Lipinski definition) is 1. The van der Waals surface area contributed by atoms with Crippen molar-refractivity contribution in [3.8, 4) is 6.07 Å². The van der Waals surface area contributed by atoms with Gasteiger partial charge in [0.2, 0.25) is 0 Å². The molecule has 1 aromatic heterocycles. The van der Waals surface area contributed by atoms with Gasteiger partial charge in [0.15, 0.2) is 0 Å². The summed E-state index contributed by atoms with van der Waals surface area (Å²) in [7, 11) is 0. The van der Waals surface area contributed by atoms with Crippen LogP contribution in [0.4, 0.5) is 3.70 Å². The molecule has 0 amide bonds. The normalized spacial score (nSPS) is 15.2. The molecule has 0 radical (unpaired) electrons. The van der Waals surface area contributed by atoms with Crippen molar-refractivity contribution in [3.63, 3.8) is 0 Å². The van der Waals surface area contributed by atoms with Crippen LogP contribution in [0.2, 0.25) is 0 Å². The molecule has 0 atom stereocenters. The number of nitrogens with two attached hydrogens (primary N) is 1. The quantitative estimate of drug-likeness (QED) is 0.719. The number of nitriles is 1. The van der Waals surface area contributed by atoms with E-state index in [0.717, 1.165) is 15.7 Å². The number of aryl methyl sites for hydroxylation is 1. The summed E-state index contributed by atoms with van der Waals surface area (Å²) in [5.74, 6) is 0. The average Bonchev–Trinajstić information content (AvgIpc) is 2.40. The van der Waals surface area contributed by atoms with Crippen LogP contribution in [-0.2, 0) is 12.8 Å². The molecule has 0 fully saturated rings. The van der Waals surface area contributed by atoms with Gasteiger partial charge in [-0.15, -0.1) is 0 Å².